The lowest BCUT2D eigenvalue weighted by Gasteiger charge is -2.46. The topological polar surface area (TPSA) is 15.3 Å². The second kappa shape index (κ2) is 4.95. The van der Waals surface area contributed by atoms with Gasteiger partial charge in [-0.1, -0.05) is 24.4 Å². The molecule has 1 spiro atoms. The van der Waals surface area contributed by atoms with Crippen LogP contribution in [0.2, 0.25) is 5.02 Å². The molecule has 4 heteroatoms. The lowest BCUT2D eigenvalue weighted by Crippen LogP contribution is -2.62. The van der Waals surface area contributed by atoms with Crippen molar-refractivity contribution in [3.05, 3.63) is 29.0 Å². The Morgan fingerprint density at radius 2 is 2.11 bits per heavy atom. The minimum absolute atomic E-state index is 0.175. The molecule has 0 amide bonds. The number of piperazine rings is 1. The summed E-state index contributed by atoms with van der Waals surface area (Å²) in [4.78, 5) is 2.18. The Hall–Kier alpha value is -0.800. The molecule has 0 radical (unpaired) electrons. The number of benzene rings is 1. The van der Waals surface area contributed by atoms with E-state index in [4.69, 9.17) is 11.6 Å². The first kappa shape index (κ1) is 13.2. The molecule has 0 aromatic heterocycles. The van der Waals surface area contributed by atoms with Crippen LogP contribution in [0.5, 0.6) is 0 Å². The quantitative estimate of drug-likeness (QED) is 0.847. The zero-order chi connectivity index (χ0) is 13.5. The monoisotopic (exact) mass is 282 g/mol. The fourth-order valence-electron chi connectivity index (χ4n) is 3.43. The predicted molar refractivity (Wildman–Crippen MR) is 77.4 cm³/mol. The van der Waals surface area contributed by atoms with E-state index in [9.17, 15) is 4.39 Å². The summed E-state index contributed by atoms with van der Waals surface area (Å²) in [6, 6.07) is 5.12. The third-order valence-electron chi connectivity index (χ3n) is 4.56. The zero-order valence-electron chi connectivity index (χ0n) is 11.3. The number of halogens is 2. The summed E-state index contributed by atoms with van der Waals surface area (Å²) in [5, 5.41) is 4.28. The summed E-state index contributed by atoms with van der Waals surface area (Å²) in [7, 11) is 0. The molecule has 1 aliphatic carbocycles. The van der Waals surface area contributed by atoms with Crippen molar-refractivity contribution in [3.63, 3.8) is 0 Å². The van der Waals surface area contributed by atoms with Crippen molar-refractivity contribution in [2.75, 3.05) is 18.0 Å². The highest BCUT2D eigenvalue weighted by Crippen LogP contribution is 2.36. The van der Waals surface area contributed by atoms with Crippen molar-refractivity contribution < 1.29 is 4.39 Å². The molecule has 1 heterocycles. The van der Waals surface area contributed by atoms with E-state index < -0.39 is 0 Å². The van der Waals surface area contributed by atoms with Crippen molar-refractivity contribution in [1.82, 2.24) is 5.32 Å². The molecule has 1 aromatic rings. The van der Waals surface area contributed by atoms with Gasteiger partial charge in [0.05, 0.1) is 5.69 Å². The number of rotatable bonds is 1. The Morgan fingerprint density at radius 1 is 1.37 bits per heavy atom. The maximum atomic E-state index is 14.1. The van der Waals surface area contributed by atoms with Crippen LogP contribution in [0, 0.1) is 5.82 Å². The van der Waals surface area contributed by atoms with Gasteiger partial charge in [-0.25, -0.2) is 4.39 Å². The highest BCUT2D eigenvalue weighted by atomic mass is 35.5. The van der Waals surface area contributed by atoms with Crippen LogP contribution in [0.15, 0.2) is 18.2 Å². The van der Waals surface area contributed by atoms with Crippen molar-refractivity contribution in [3.8, 4) is 0 Å². The third kappa shape index (κ3) is 2.46. The van der Waals surface area contributed by atoms with Gasteiger partial charge in [0.2, 0.25) is 0 Å². The van der Waals surface area contributed by atoms with E-state index >= 15 is 0 Å². The molecule has 1 saturated carbocycles. The molecular weight excluding hydrogens is 263 g/mol. The number of anilines is 1. The average molecular weight is 283 g/mol. The molecule has 2 aliphatic rings. The van der Waals surface area contributed by atoms with Gasteiger partial charge in [0.25, 0.3) is 0 Å². The first-order valence-corrected chi connectivity index (χ1v) is 7.44. The molecule has 0 bridgehead atoms. The van der Waals surface area contributed by atoms with Gasteiger partial charge in [0.15, 0.2) is 0 Å². The molecule has 2 nitrogen and oxygen atoms in total. The molecule has 1 aliphatic heterocycles. The third-order valence-corrected chi connectivity index (χ3v) is 4.79. The van der Waals surface area contributed by atoms with E-state index in [0.717, 1.165) is 13.1 Å². The molecule has 1 N–H and O–H groups in total. The van der Waals surface area contributed by atoms with Gasteiger partial charge in [-0.05, 0) is 38.0 Å². The molecule has 1 aromatic carbocycles. The molecule has 104 valence electrons. The standard InChI is InChI=1S/C15H20ClFN2/c1-11-9-18-15(6-2-3-7-15)10-19(11)14-8-12(16)4-5-13(14)17/h4-5,8,11,18H,2-3,6-7,9-10H2,1H3. The van der Waals surface area contributed by atoms with Gasteiger partial charge < -0.3 is 10.2 Å². The molecule has 19 heavy (non-hydrogen) atoms. The number of hydrogen-bond donors (Lipinski definition) is 1. The van der Waals surface area contributed by atoms with E-state index in [1.165, 1.54) is 31.7 Å². The first-order chi connectivity index (χ1) is 9.10. The second-order valence-corrected chi connectivity index (χ2v) is 6.38. The van der Waals surface area contributed by atoms with Crippen LogP contribution in [0.3, 0.4) is 0 Å². The molecule has 1 unspecified atom stereocenters. The Morgan fingerprint density at radius 3 is 2.84 bits per heavy atom. The molecule has 2 fully saturated rings. The van der Waals surface area contributed by atoms with Gasteiger partial charge >= 0.3 is 0 Å². The minimum atomic E-state index is -0.175. The van der Waals surface area contributed by atoms with Gasteiger partial charge in [0, 0.05) is 29.7 Å². The highest BCUT2D eigenvalue weighted by Gasteiger charge is 2.40. The van der Waals surface area contributed by atoms with E-state index in [-0.39, 0.29) is 11.4 Å². The van der Waals surface area contributed by atoms with Crippen LogP contribution >= 0.6 is 11.6 Å². The molecule has 1 saturated heterocycles. The average Bonchev–Trinajstić information content (AvgIpc) is 2.84. The summed E-state index contributed by atoms with van der Waals surface area (Å²) in [5.74, 6) is -0.175. The van der Waals surface area contributed by atoms with Crippen molar-refractivity contribution in [2.45, 2.75) is 44.2 Å². The summed E-state index contributed by atoms with van der Waals surface area (Å²) in [6.45, 7) is 3.92. The molecular formula is C15H20ClFN2. The van der Waals surface area contributed by atoms with Crippen molar-refractivity contribution in [2.24, 2.45) is 0 Å². The minimum Gasteiger partial charge on any atom is -0.363 e. The number of nitrogens with zero attached hydrogens (tertiary/aromatic N) is 1. The normalized spacial score (nSPS) is 26.1. The van der Waals surface area contributed by atoms with Crippen LogP contribution in [-0.4, -0.2) is 24.7 Å². The van der Waals surface area contributed by atoms with Gasteiger partial charge in [-0.15, -0.1) is 0 Å². The summed E-state index contributed by atoms with van der Waals surface area (Å²) in [5.41, 5.74) is 0.828. The Balaban J connectivity index is 1.91. The summed E-state index contributed by atoms with van der Waals surface area (Å²) >= 11 is 6.03. The number of hydrogen-bond acceptors (Lipinski definition) is 2. The van der Waals surface area contributed by atoms with Crippen LogP contribution in [-0.2, 0) is 0 Å². The predicted octanol–water partition coefficient (Wildman–Crippen LogP) is 3.59. The van der Waals surface area contributed by atoms with Gasteiger partial charge in [0.1, 0.15) is 5.82 Å². The fraction of sp³-hybridized carbons (Fsp3) is 0.600. The van der Waals surface area contributed by atoms with E-state index in [1.54, 1.807) is 12.1 Å². The van der Waals surface area contributed by atoms with Crippen LogP contribution in [0.4, 0.5) is 10.1 Å². The number of nitrogens with one attached hydrogen (secondary N) is 1. The highest BCUT2D eigenvalue weighted by molar-refractivity contribution is 6.30. The van der Waals surface area contributed by atoms with Crippen molar-refractivity contribution in [1.29, 1.82) is 0 Å². The first-order valence-electron chi connectivity index (χ1n) is 7.06. The Labute approximate surface area is 118 Å². The fourth-order valence-corrected chi connectivity index (χ4v) is 3.59. The van der Waals surface area contributed by atoms with Crippen LogP contribution < -0.4 is 10.2 Å². The maximum absolute atomic E-state index is 14.1. The largest absolute Gasteiger partial charge is 0.363 e. The smallest absolute Gasteiger partial charge is 0.146 e. The Bertz CT molecular complexity index is 471. The van der Waals surface area contributed by atoms with Crippen LogP contribution in [0.1, 0.15) is 32.6 Å². The van der Waals surface area contributed by atoms with Crippen LogP contribution in [0.25, 0.3) is 0 Å². The van der Waals surface area contributed by atoms with Gasteiger partial charge in [-0.2, -0.15) is 0 Å². The SMILES string of the molecule is CC1CNC2(CCCC2)CN1c1cc(Cl)ccc1F. The van der Waals surface area contributed by atoms with E-state index in [2.05, 4.69) is 17.1 Å². The van der Waals surface area contributed by atoms with E-state index in [1.807, 2.05) is 0 Å². The van der Waals surface area contributed by atoms with Gasteiger partial charge in [-0.3, -0.25) is 0 Å². The summed E-state index contributed by atoms with van der Waals surface area (Å²) < 4.78 is 14.1. The lowest BCUT2D eigenvalue weighted by molar-refractivity contribution is 0.275. The Kier molecular flexibility index (Phi) is 3.44. The summed E-state index contributed by atoms with van der Waals surface area (Å²) in [6.07, 6.45) is 4.93. The lowest BCUT2D eigenvalue weighted by atomic mass is 9.92. The zero-order valence-corrected chi connectivity index (χ0v) is 12.0. The van der Waals surface area contributed by atoms with Crippen molar-refractivity contribution >= 4 is 17.3 Å². The maximum Gasteiger partial charge on any atom is 0.146 e. The second-order valence-electron chi connectivity index (χ2n) is 5.94. The molecule has 1 atom stereocenters. The van der Waals surface area contributed by atoms with E-state index in [0.29, 0.717) is 16.8 Å². The molecule has 3 rings (SSSR count).